The number of aryl methyl sites for hydroxylation is 2. The molecule has 124 valence electrons. The molecular weight excluding hydrogens is 294 g/mol. The molecule has 2 rings (SSSR count). The van der Waals surface area contributed by atoms with Crippen LogP contribution in [0.5, 0.6) is 0 Å². The lowest BCUT2D eigenvalue weighted by Gasteiger charge is -2.14. The monoisotopic (exact) mass is 317 g/mol. The van der Waals surface area contributed by atoms with E-state index in [2.05, 4.69) is 10.4 Å². The molecular formula is C17H23N3O3. The second-order valence-corrected chi connectivity index (χ2v) is 5.34. The van der Waals surface area contributed by atoms with Crippen molar-refractivity contribution < 1.29 is 14.3 Å². The summed E-state index contributed by atoms with van der Waals surface area (Å²) >= 11 is 0. The van der Waals surface area contributed by atoms with E-state index in [4.69, 9.17) is 9.47 Å². The van der Waals surface area contributed by atoms with E-state index in [9.17, 15) is 4.79 Å². The summed E-state index contributed by atoms with van der Waals surface area (Å²) in [5, 5.41) is 7.01. The van der Waals surface area contributed by atoms with Gasteiger partial charge in [0.1, 0.15) is 0 Å². The van der Waals surface area contributed by atoms with Crippen LogP contribution in [0.3, 0.4) is 0 Å². The summed E-state index contributed by atoms with van der Waals surface area (Å²) in [5.41, 5.74) is 3.05. The highest BCUT2D eigenvalue weighted by atomic mass is 16.7. The van der Waals surface area contributed by atoms with Crippen LogP contribution in [0.4, 0.5) is 0 Å². The number of ether oxygens (including phenoxy) is 2. The van der Waals surface area contributed by atoms with Crippen LogP contribution in [0.1, 0.15) is 29.4 Å². The maximum Gasteiger partial charge on any atom is 0.220 e. The number of carbonyl (C=O) groups is 1. The third-order valence-electron chi connectivity index (χ3n) is 3.57. The summed E-state index contributed by atoms with van der Waals surface area (Å²) < 4.78 is 12.1. The molecule has 1 aromatic heterocycles. The van der Waals surface area contributed by atoms with E-state index in [-0.39, 0.29) is 12.2 Å². The second kappa shape index (κ2) is 8.45. The normalized spacial score (nSPS) is 11.0. The molecule has 0 fully saturated rings. The maximum absolute atomic E-state index is 11.9. The summed E-state index contributed by atoms with van der Waals surface area (Å²) in [7, 11) is 5.07. The molecule has 0 aliphatic carbocycles. The zero-order valence-electron chi connectivity index (χ0n) is 13.8. The van der Waals surface area contributed by atoms with Gasteiger partial charge in [-0.3, -0.25) is 9.48 Å². The number of rotatable bonds is 8. The van der Waals surface area contributed by atoms with Crippen LogP contribution in [-0.2, 0) is 34.3 Å². The van der Waals surface area contributed by atoms with Gasteiger partial charge in [0.05, 0.1) is 6.20 Å². The van der Waals surface area contributed by atoms with Crippen LogP contribution < -0.4 is 5.32 Å². The molecule has 0 aliphatic heterocycles. The van der Waals surface area contributed by atoms with Crippen LogP contribution >= 0.6 is 0 Å². The Morgan fingerprint density at radius 3 is 2.48 bits per heavy atom. The van der Waals surface area contributed by atoms with Crippen molar-refractivity contribution in [3.8, 4) is 0 Å². The number of nitrogens with one attached hydrogen (secondary N) is 1. The van der Waals surface area contributed by atoms with Crippen LogP contribution in [-0.4, -0.2) is 29.9 Å². The molecule has 0 radical (unpaired) electrons. The van der Waals surface area contributed by atoms with Crippen LogP contribution in [0.15, 0.2) is 36.7 Å². The Bertz CT molecular complexity index is 618. The fourth-order valence-corrected chi connectivity index (χ4v) is 2.31. The lowest BCUT2D eigenvalue weighted by atomic mass is 10.1. The van der Waals surface area contributed by atoms with Crippen LogP contribution in [0.2, 0.25) is 0 Å². The molecule has 1 amide bonds. The van der Waals surface area contributed by atoms with Crippen molar-refractivity contribution in [3.05, 3.63) is 53.3 Å². The standard InChI is InChI=1S/C17H23N3O3/c1-20-12-14(11-19-20)6-9-16(21)18-10-13-4-7-15(8-5-13)17(22-2)23-3/h4-5,7-8,11-12,17H,6,9-10H2,1-3H3,(H,18,21). The number of nitrogens with zero attached hydrogens (tertiary/aromatic N) is 2. The van der Waals surface area contributed by atoms with Gasteiger partial charge in [0.25, 0.3) is 0 Å². The Hall–Kier alpha value is -2.18. The van der Waals surface area contributed by atoms with Crippen molar-refractivity contribution in [1.82, 2.24) is 15.1 Å². The number of hydrogen-bond donors (Lipinski definition) is 1. The molecule has 0 aliphatic rings. The van der Waals surface area contributed by atoms with E-state index in [1.54, 1.807) is 25.1 Å². The van der Waals surface area contributed by atoms with Crippen molar-refractivity contribution in [2.24, 2.45) is 7.05 Å². The molecule has 1 N–H and O–H groups in total. The molecule has 23 heavy (non-hydrogen) atoms. The summed E-state index contributed by atoms with van der Waals surface area (Å²) in [6, 6.07) is 7.80. The van der Waals surface area contributed by atoms with Crippen LogP contribution in [0, 0.1) is 0 Å². The lowest BCUT2D eigenvalue weighted by molar-refractivity contribution is -0.121. The molecule has 0 saturated heterocycles. The molecule has 0 unspecified atom stereocenters. The average Bonchev–Trinajstić information content (AvgIpc) is 2.99. The number of amides is 1. The van der Waals surface area contributed by atoms with E-state index >= 15 is 0 Å². The number of hydrogen-bond acceptors (Lipinski definition) is 4. The van der Waals surface area contributed by atoms with E-state index in [1.165, 1.54) is 0 Å². The minimum absolute atomic E-state index is 0.0320. The van der Waals surface area contributed by atoms with Gasteiger partial charge in [0.2, 0.25) is 5.91 Å². The third-order valence-corrected chi connectivity index (χ3v) is 3.57. The molecule has 1 heterocycles. The SMILES string of the molecule is COC(OC)c1ccc(CNC(=O)CCc2cnn(C)c2)cc1. The summed E-state index contributed by atoms with van der Waals surface area (Å²) in [4.78, 5) is 11.9. The first-order valence-electron chi connectivity index (χ1n) is 7.51. The van der Waals surface area contributed by atoms with Crippen molar-refractivity contribution in [1.29, 1.82) is 0 Å². The molecule has 6 heteroatoms. The van der Waals surface area contributed by atoms with Gasteiger partial charge in [-0.1, -0.05) is 24.3 Å². The van der Waals surface area contributed by atoms with Gasteiger partial charge in [0.15, 0.2) is 6.29 Å². The van der Waals surface area contributed by atoms with Gasteiger partial charge < -0.3 is 14.8 Å². The topological polar surface area (TPSA) is 65.4 Å². The maximum atomic E-state index is 11.9. The van der Waals surface area contributed by atoms with E-state index in [0.29, 0.717) is 19.4 Å². The molecule has 0 saturated carbocycles. The van der Waals surface area contributed by atoms with Crippen molar-refractivity contribution in [3.63, 3.8) is 0 Å². The average molecular weight is 317 g/mol. The Morgan fingerprint density at radius 1 is 1.22 bits per heavy atom. The Kier molecular flexibility index (Phi) is 6.31. The summed E-state index contributed by atoms with van der Waals surface area (Å²) in [5.74, 6) is 0.0320. The first-order chi connectivity index (χ1) is 11.1. The minimum atomic E-state index is -0.363. The fraction of sp³-hybridized carbons (Fsp3) is 0.412. The molecule has 2 aromatic rings. The van der Waals surface area contributed by atoms with Gasteiger partial charge in [-0.15, -0.1) is 0 Å². The highest BCUT2D eigenvalue weighted by Crippen LogP contribution is 2.17. The quantitative estimate of drug-likeness (QED) is 0.756. The van der Waals surface area contributed by atoms with E-state index in [0.717, 1.165) is 16.7 Å². The van der Waals surface area contributed by atoms with E-state index < -0.39 is 0 Å². The Morgan fingerprint density at radius 2 is 1.91 bits per heavy atom. The predicted molar refractivity (Wildman–Crippen MR) is 86.6 cm³/mol. The Labute approximate surface area is 136 Å². The number of aromatic nitrogens is 2. The van der Waals surface area contributed by atoms with Crippen molar-refractivity contribution in [2.75, 3.05) is 14.2 Å². The van der Waals surface area contributed by atoms with Crippen molar-refractivity contribution >= 4 is 5.91 Å². The first kappa shape index (κ1) is 17.2. The van der Waals surface area contributed by atoms with Gasteiger partial charge in [0, 0.05) is 46.0 Å². The fourth-order valence-electron chi connectivity index (χ4n) is 2.31. The number of carbonyl (C=O) groups excluding carboxylic acids is 1. The highest BCUT2D eigenvalue weighted by Gasteiger charge is 2.08. The second-order valence-electron chi connectivity index (χ2n) is 5.34. The highest BCUT2D eigenvalue weighted by molar-refractivity contribution is 5.76. The smallest absolute Gasteiger partial charge is 0.220 e. The van der Waals surface area contributed by atoms with Crippen LogP contribution in [0.25, 0.3) is 0 Å². The molecule has 0 spiro atoms. The molecule has 6 nitrogen and oxygen atoms in total. The van der Waals surface area contributed by atoms with Crippen molar-refractivity contribution in [2.45, 2.75) is 25.7 Å². The van der Waals surface area contributed by atoms with Gasteiger partial charge in [-0.05, 0) is 17.5 Å². The zero-order chi connectivity index (χ0) is 16.7. The summed E-state index contributed by atoms with van der Waals surface area (Å²) in [6.07, 6.45) is 4.50. The number of benzene rings is 1. The zero-order valence-corrected chi connectivity index (χ0v) is 13.8. The van der Waals surface area contributed by atoms with Gasteiger partial charge in [-0.25, -0.2) is 0 Å². The van der Waals surface area contributed by atoms with Gasteiger partial charge in [-0.2, -0.15) is 5.10 Å². The van der Waals surface area contributed by atoms with Gasteiger partial charge >= 0.3 is 0 Å². The summed E-state index contributed by atoms with van der Waals surface area (Å²) in [6.45, 7) is 0.511. The largest absolute Gasteiger partial charge is 0.352 e. The molecule has 0 bridgehead atoms. The van der Waals surface area contributed by atoms with E-state index in [1.807, 2.05) is 37.5 Å². The molecule has 1 aromatic carbocycles. The minimum Gasteiger partial charge on any atom is -0.352 e. The predicted octanol–water partition coefficient (Wildman–Crippen LogP) is 1.96. The third kappa shape index (κ3) is 5.19. The first-order valence-corrected chi connectivity index (χ1v) is 7.51. The molecule has 0 atom stereocenters. The lowest BCUT2D eigenvalue weighted by Crippen LogP contribution is -2.23. The number of methoxy groups -OCH3 is 2. The Balaban J connectivity index is 1.77.